The van der Waals surface area contributed by atoms with Crippen molar-refractivity contribution in [1.82, 2.24) is 5.32 Å². The van der Waals surface area contributed by atoms with E-state index in [0.717, 1.165) is 61.0 Å². The number of nitrogens with one attached hydrogen (secondary N) is 2. The first-order valence-electron chi connectivity index (χ1n) is 9.69. The van der Waals surface area contributed by atoms with Crippen LogP contribution >= 0.6 is 0 Å². The zero-order valence-corrected chi connectivity index (χ0v) is 15.1. The normalized spacial score (nSPS) is 29.0. The molecule has 1 aromatic heterocycles. The van der Waals surface area contributed by atoms with E-state index in [0.29, 0.717) is 12.1 Å². The predicted octanol–water partition coefficient (Wildman–Crippen LogP) is 1.60. The lowest BCUT2D eigenvalue weighted by Crippen LogP contribution is -3.23. The van der Waals surface area contributed by atoms with Crippen molar-refractivity contribution >= 4 is 16.9 Å². The Bertz CT molecular complexity index is 884. The number of rotatable bonds is 1. The maximum absolute atomic E-state index is 13.3. The van der Waals surface area contributed by atoms with Crippen LogP contribution in [0.5, 0.6) is 11.5 Å². The number of ether oxygens (including phenoxy) is 1. The highest BCUT2D eigenvalue weighted by atomic mass is 16.5. The molecule has 2 saturated heterocycles. The lowest BCUT2D eigenvalue weighted by molar-refractivity contribution is -0.967. The number of amides is 1. The van der Waals surface area contributed by atoms with Crippen molar-refractivity contribution in [3.05, 3.63) is 23.5 Å². The van der Waals surface area contributed by atoms with Crippen LogP contribution in [0.25, 0.3) is 11.0 Å². The molecule has 0 unspecified atom stereocenters. The number of phenols is 1. The molecule has 0 saturated carbocycles. The molecule has 3 aliphatic heterocycles. The average molecular weight is 357 g/mol. The van der Waals surface area contributed by atoms with Gasteiger partial charge in [0, 0.05) is 12.1 Å². The van der Waals surface area contributed by atoms with E-state index in [9.17, 15) is 9.90 Å². The van der Waals surface area contributed by atoms with Gasteiger partial charge in [-0.05, 0) is 50.7 Å². The Morgan fingerprint density at radius 1 is 1.27 bits per heavy atom. The van der Waals surface area contributed by atoms with E-state index in [1.165, 1.54) is 11.3 Å². The second kappa shape index (κ2) is 5.64. The highest BCUT2D eigenvalue weighted by Crippen LogP contribution is 2.52. The summed E-state index contributed by atoms with van der Waals surface area (Å²) < 4.78 is 12.2. The van der Waals surface area contributed by atoms with Crippen molar-refractivity contribution in [2.75, 3.05) is 19.6 Å². The lowest BCUT2D eigenvalue weighted by atomic mass is 9.84. The van der Waals surface area contributed by atoms with E-state index >= 15 is 0 Å². The number of benzene rings is 1. The van der Waals surface area contributed by atoms with E-state index in [4.69, 9.17) is 9.15 Å². The van der Waals surface area contributed by atoms with Gasteiger partial charge in [0.05, 0.1) is 30.7 Å². The van der Waals surface area contributed by atoms with Gasteiger partial charge in [0.2, 0.25) is 0 Å². The third kappa shape index (κ3) is 1.99. The topological polar surface area (TPSA) is 76.1 Å². The second-order valence-corrected chi connectivity index (χ2v) is 7.89. The van der Waals surface area contributed by atoms with Gasteiger partial charge in [0.15, 0.2) is 11.3 Å². The van der Waals surface area contributed by atoms with Crippen molar-refractivity contribution in [1.29, 1.82) is 0 Å². The molecule has 0 radical (unpaired) electrons. The van der Waals surface area contributed by atoms with Crippen LogP contribution in [0.4, 0.5) is 0 Å². The number of hydrogen-bond acceptors (Lipinski definition) is 4. The first-order valence-corrected chi connectivity index (χ1v) is 9.69. The van der Waals surface area contributed by atoms with Crippen LogP contribution in [0.3, 0.4) is 0 Å². The fourth-order valence-electron chi connectivity index (χ4n) is 5.19. The van der Waals surface area contributed by atoms with E-state index in [2.05, 4.69) is 5.32 Å². The van der Waals surface area contributed by atoms with Crippen LogP contribution < -0.4 is 15.0 Å². The molecule has 26 heavy (non-hydrogen) atoms. The molecule has 0 aliphatic carbocycles. The fourth-order valence-corrected chi connectivity index (χ4v) is 5.19. The molecule has 4 heterocycles. The van der Waals surface area contributed by atoms with Gasteiger partial charge in [-0.15, -0.1) is 0 Å². The number of carbonyl (C=O) groups is 1. The number of likely N-dealkylation sites (tertiary alicyclic amines) is 1. The Labute approximate surface area is 152 Å². The van der Waals surface area contributed by atoms with Gasteiger partial charge >= 0.3 is 11.6 Å². The van der Waals surface area contributed by atoms with Gasteiger partial charge in [0.25, 0.3) is 0 Å². The number of quaternary nitrogens is 1. The van der Waals surface area contributed by atoms with E-state index in [1.807, 2.05) is 6.92 Å². The first-order chi connectivity index (χ1) is 12.6. The maximum Gasteiger partial charge on any atom is 0.328 e. The molecule has 5 rings (SSSR count). The van der Waals surface area contributed by atoms with E-state index < -0.39 is 5.72 Å². The summed E-state index contributed by atoms with van der Waals surface area (Å²) in [4.78, 5) is 14.5. The molecule has 2 fully saturated rings. The van der Waals surface area contributed by atoms with Crippen LogP contribution in [-0.4, -0.2) is 36.4 Å². The van der Waals surface area contributed by atoms with Crippen LogP contribution in [0, 0.1) is 6.92 Å². The van der Waals surface area contributed by atoms with E-state index in [-0.39, 0.29) is 17.6 Å². The van der Waals surface area contributed by atoms with Gasteiger partial charge in [-0.1, -0.05) is 0 Å². The largest absolute Gasteiger partial charge is 0.504 e. The summed E-state index contributed by atoms with van der Waals surface area (Å²) in [7, 11) is 0. The predicted molar refractivity (Wildman–Crippen MR) is 95.5 cm³/mol. The second-order valence-electron chi connectivity index (χ2n) is 7.89. The number of furan rings is 1. The number of aromatic hydroxyl groups is 1. The molecular formula is C20H25N2O4+. The standard InChI is InChI=1S/C20H24N2O4/c1-12-11-25-18-15(23)10-13-14-6-5-7-21-19(24)20(14,26-17(13)16(12)18)22-8-3-2-4-9-22/h10-11,14,23H,2-9H2,1H3,(H,21,24)/p+1/t14-,20-/m1/s1. The SMILES string of the molecule is Cc1coc2c(O)cc3c(c12)O[C@@]1([NH+]2CCCCC2)C(=O)NCCC[C@H]31. The fraction of sp³-hybridized carbons (Fsp3) is 0.550. The summed E-state index contributed by atoms with van der Waals surface area (Å²) in [6.07, 6.45) is 6.87. The van der Waals surface area contributed by atoms with Gasteiger partial charge < -0.3 is 19.6 Å². The van der Waals surface area contributed by atoms with Gasteiger partial charge in [-0.3, -0.25) is 9.69 Å². The van der Waals surface area contributed by atoms with Gasteiger partial charge in [-0.25, -0.2) is 0 Å². The number of hydrogen-bond donors (Lipinski definition) is 3. The van der Waals surface area contributed by atoms with Crippen molar-refractivity contribution < 1.29 is 24.0 Å². The van der Waals surface area contributed by atoms with Gasteiger partial charge in [0.1, 0.15) is 5.75 Å². The Morgan fingerprint density at radius 2 is 2.08 bits per heavy atom. The summed E-state index contributed by atoms with van der Waals surface area (Å²) in [5, 5.41) is 14.4. The molecule has 1 amide bonds. The molecular weight excluding hydrogens is 332 g/mol. The third-order valence-corrected chi connectivity index (χ3v) is 6.39. The Morgan fingerprint density at radius 3 is 2.88 bits per heavy atom. The Kier molecular flexibility index (Phi) is 3.47. The molecule has 138 valence electrons. The molecule has 0 spiro atoms. The van der Waals surface area contributed by atoms with Crippen LogP contribution in [0.2, 0.25) is 0 Å². The van der Waals surface area contributed by atoms with Crippen LogP contribution in [-0.2, 0) is 4.79 Å². The zero-order chi connectivity index (χ0) is 17.9. The van der Waals surface area contributed by atoms with Crippen molar-refractivity contribution in [2.45, 2.75) is 50.7 Å². The number of phenolic OH excluding ortho intramolecular Hbond substituents is 1. The van der Waals surface area contributed by atoms with Crippen LogP contribution in [0.15, 0.2) is 16.7 Å². The third-order valence-electron chi connectivity index (χ3n) is 6.39. The summed E-state index contributed by atoms with van der Waals surface area (Å²) in [5.74, 6) is 0.799. The minimum atomic E-state index is -0.927. The lowest BCUT2D eigenvalue weighted by Gasteiger charge is -2.39. The highest BCUT2D eigenvalue weighted by Gasteiger charge is 2.63. The number of fused-ring (bicyclic) bond motifs is 5. The molecule has 2 aromatic rings. The van der Waals surface area contributed by atoms with Crippen LogP contribution in [0.1, 0.15) is 49.1 Å². The van der Waals surface area contributed by atoms with Crippen molar-refractivity contribution in [2.24, 2.45) is 0 Å². The Hall–Kier alpha value is -2.21. The summed E-state index contributed by atoms with van der Waals surface area (Å²) in [6.45, 7) is 4.51. The Balaban J connectivity index is 1.74. The smallest absolute Gasteiger partial charge is 0.328 e. The zero-order valence-electron chi connectivity index (χ0n) is 15.1. The summed E-state index contributed by atoms with van der Waals surface area (Å²) >= 11 is 0. The number of carbonyl (C=O) groups excluding carboxylic acids is 1. The monoisotopic (exact) mass is 357 g/mol. The van der Waals surface area contributed by atoms with Gasteiger partial charge in [-0.2, -0.15) is 0 Å². The molecule has 3 N–H and O–H groups in total. The molecule has 0 bridgehead atoms. The quantitative estimate of drug-likeness (QED) is 0.725. The molecule has 6 heteroatoms. The van der Waals surface area contributed by atoms with E-state index in [1.54, 1.807) is 12.3 Å². The summed E-state index contributed by atoms with van der Waals surface area (Å²) in [5.41, 5.74) is 1.40. The summed E-state index contributed by atoms with van der Waals surface area (Å²) in [6, 6.07) is 1.76. The number of aryl methyl sites for hydroxylation is 1. The molecule has 6 nitrogen and oxygen atoms in total. The van der Waals surface area contributed by atoms with Crippen molar-refractivity contribution in [3.8, 4) is 11.5 Å². The first kappa shape index (κ1) is 16.0. The molecule has 3 aliphatic rings. The van der Waals surface area contributed by atoms with Crippen molar-refractivity contribution in [3.63, 3.8) is 0 Å². The maximum atomic E-state index is 13.3. The number of piperidine rings is 1. The molecule has 2 atom stereocenters. The molecule has 1 aromatic carbocycles. The average Bonchev–Trinajstić information content (AvgIpc) is 3.14. The minimum absolute atomic E-state index is 0.0121. The highest BCUT2D eigenvalue weighted by molar-refractivity contribution is 5.96. The minimum Gasteiger partial charge on any atom is -0.504 e.